The van der Waals surface area contributed by atoms with E-state index in [1.165, 1.54) is 109 Å². The van der Waals surface area contributed by atoms with Crippen LogP contribution in [0.25, 0.3) is 0 Å². The summed E-state index contributed by atoms with van der Waals surface area (Å²) in [5, 5.41) is 0. The van der Waals surface area contributed by atoms with Crippen LogP contribution in [0.15, 0.2) is 0 Å². The van der Waals surface area contributed by atoms with Crippen molar-refractivity contribution in [1.29, 1.82) is 0 Å². The summed E-state index contributed by atoms with van der Waals surface area (Å²) >= 11 is 0. The first-order valence-electron chi connectivity index (χ1n) is 15.4. The molecule has 2 nitrogen and oxygen atoms in total. The van der Waals surface area contributed by atoms with Crippen molar-refractivity contribution in [3.63, 3.8) is 0 Å². The van der Waals surface area contributed by atoms with Crippen LogP contribution in [0.2, 0.25) is 0 Å². The van der Waals surface area contributed by atoms with Gasteiger partial charge in [-0.15, -0.1) is 0 Å². The van der Waals surface area contributed by atoms with E-state index in [0.29, 0.717) is 22.7 Å². The quantitative estimate of drug-likeness (QED) is 0.255. The van der Waals surface area contributed by atoms with E-state index < -0.39 is 0 Å². The van der Waals surface area contributed by atoms with Gasteiger partial charge in [-0.25, -0.2) is 0 Å². The first-order valence-corrected chi connectivity index (χ1v) is 15.4. The van der Waals surface area contributed by atoms with Gasteiger partial charge < -0.3 is 11.5 Å². The molecule has 0 bridgehead atoms. The molecule has 0 heterocycles. The Labute approximate surface area is 208 Å². The minimum Gasteiger partial charge on any atom is -0.330 e. The molecule has 6 atom stereocenters. The number of hydrogen-bond acceptors (Lipinski definition) is 2. The maximum Gasteiger partial charge on any atom is -0.00490 e. The van der Waals surface area contributed by atoms with E-state index in [0.717, 1.165) is 30.8 Å². The van der Waals surface area contributed by atoms with Gasteiger partial charge in [-0.3, -0.25) is 0 Å². The molecule has 0 aromatic heterocycles. The fraction of sp³-hybridized carbons (Fsp3) is 1.00. The van der Waals surface area contributed by atoms with Gasteiger partial charge in [0, 0.05) is 0 Å². The molecule has 0 radical (unpaired) electrons. The molecule has 2 saturated carbocycles. The van der Waals surface area contributed by atoms with Crippen LogP contribution in [-0.2, 0) is 0 Å². The van der Waals surface area contributed by atoms with E-state index in [1.54, 1.807) is 0 Å². The summed E-state index contributed by atoms with van der Waals surface area (Å²) in [6.07, 6.45) is 24.0. The van der Waals surface area contributed by atoms with E-state index in [1.807, 2.05) is 0 Å². The Hall–Kier alpha value is -0.0800. The third kappa shape index (κ3) is 7.45. The first kappa shape index (κ1) is 29.2. The van der Waals surface area contributed by atoms with Crippen molar-refractivity contribution in [2.24, 2.45) is 51.9 Å². The largest absolute Gasteiger partial charge is 0.330 e. The summed E-state index contributed by atoms with van der Waals surface area (Å²) < 4.78 is 0. The lowest BCUT2D eigenvalue weighted by Crippen LogP contribution is -2.48. The molecule has 0 spiro atoms. The summed E-state index contributed by atoms with van der Waals surface area (Å²) in [6.45, 7) is 13.9. The van der Waals surface area contributed by atoms with E-state index in [4.69, 9.17) is 11.5 Å². The van der Waals surface area contributed by atoms with Gasteiger partial charge in [-0.05, 0) is 105 Å². The molecule has 0 aromatic carbocycles. The van der Waals surface area contributed by atoms with Crippen molar-refractivity contribution in [1.82, 2.24) is 0 Å². The number of hydrogen-bond donors (Lipinski definition) is 2. The highest BCUT2D eigenvalue weighted by molar-refractivity contribution is 5.02. The highest BCUT2D eigenvalue weighted by atomic mass is 14.6. The second-order valence-corrected chi connectivity index (χ2v) is 12.5. The predicted molar refractivity (Wildman–Crippen MR) is 147 cm³/mol. The van der Waals surface area contributed by atoms with Gasteiger partial charge in [0.1, 0.15) is 0 Å². The molecule has 0 amide bonds. The van der Waals surface area contributed by atoms with Crippen LogP contribution in [0.1, 0.15) is 144 Å². The van der Waals surface area contributed by atoms with Crippen molar-refractivity contribution in [3.05, 3.63) is 0 Å². The van der Waals surface area contributed by atoms with Crippen molar-refractivity contribution < 1.29 is 0 Å². The van der Waals surface area contributed by atoms with Gasteiger partial charge in [-0.2, -0.15) is 0 Å². The summed E-state index contributed by atoms with van der Waals surface area (Å²) in [5.74, 6) is 4.21. The van der Waals surface area contributed by atoms with Crippen LogP contribution in [0, 0.1) is 40.4 Å². The minimum atomic E-state index is 0.552. The molecule has 2 aliphatic carbocycles. The lowest BCUT2D eigenvalue weighted by molar-refractivity contribution is -0.0719. The zero-order valence-electron chi connectivity index (χ0n) is 23.5. The number of rotatable bonds is 15. The summed E-state index contributed by atoms with van der Waals surface area (Å²) in [4.78, 5) is 0. The van der Waals surface area contributed by atoms with Crippen LogP contribution in [0.5, 0.6) is 0 Å². The Morgan fingerprint density at radius 1 is 0.667 bits per heavy atom. The van der Waals surface area contributed by atoms with Crippen molar-refractivity contribution in [2.45, 2.75) is 144 Å². The van der Waals surface area contributed by atoms with Gasteiger partial charge in [0.15, 0.2) is 0 Å². The van der Waals surface area contributed by atoms with Crippen LogP contribution in [0.4, 0.5) is 0 Å². The Kier molecular flexibility index (Phi) is 12.8. The zero-order chi connectivity index (χ0) is 24.3. The molecule has 0 aliphatic heterocycles. The molecular weight excluding hydrogens is 400 g/mol. The molecule has 2 heteroatoms. The zero-order valence-corrected chi connectivity index (χ0v) is 23.5. The fourth-order valence-corrected chi connectivity index (χ4v) is 8.65. The van der Waals surface area contributed by atoms with Gasteiger partial charge in [0.2, 0.25) is 0 Å². The highest BCUT2D eigenvalue weighted by Gasteiger charge is 2.52. The number of nitrogens with two attached hydrogens (primary N) is 2. The van der Waals surface area contributed by atoms with Gasteiger partial charge in [-0.1, -0.05) is 92.4 Å². The first-order chi connectivity index (χ1) is 16.0. The van der Waals surface area contributed by atoms with E-state index >= 15 is 0 Å². The van der Waals surface area contributed by atoms with Crippen LogP contribution in [0.3, 0.4) is 0 Å². The maximum atomic E-state index is 6.21. The van der Waals surface area contributed by atoms with Gasteiger partial charge >= 0.3 is 0 Å². The smallest absolute Gasteiger partial charge is 0.00490 e. The Balaban J connectivity index is 2.42. The van der Waals surface area contributed by atoms with Gasteiger partial charge in [0.25, 0.3) is 0 Å². The third-order valence-electron chi connectivity index (χ3n) is 10.9. The molecule has 6 unspecified atom stereocenters. The Morgan fingerprint density at radius 3 is 1.39 bits per heavy atom. The average molecular weight is 463 g/mol. The SMILES string of the molecule is CCC(CN)CCC1(C(CC)C2(CCC(CC)CN)CCCC(CC)C2)CCCC(CC)C1. The predicted octanol–water partition coefficient (Wildman–Crippen LogP) is 8.72. The molecular formula is C31H62N2. The normalized spacial score (nSPS) is 33.5. The lowest BCUT2D eigenvalue weighted by atomic mass is 9.48. The lowest BCUT2D eigenvalue weighted by Gasteiger charge is -2.57. The summed E-state index contributed by atoms with van der Waals surface area (Å²) in [7, 11) is 0. The van der Waals surface area contributed by atoms with Crippen molar-refractivity contribution in [3.8, 4) is 0 Å². The standard InChI is InChI=1S/C31H62N2/c1-6-25-13-11-17-30(21-25,19-15-27(8-3)23-32)29(10-5)31(20-16-28(9-4)24-33)18-12-14-26(7-2)22-31/h25-29H,6-24,32-33H2,1-5H3. The second kappa shape index (κ2) is 14.5. The Morgan fingerprint density at radius 2 is 1.09 bits per heavy atom. The molecule has 0 saturated heterocycles. The molecule has 196 valence electrons. The Bertz CT molecular complexity index is 467. The third-order valence-corrected chi connectivity index (χ3v) is 10.9. The molecule has 4 N–H and O–H groups in total. The van der Waals surface area contributed by atoms with Crippen LogP contribution in [-0.4, -0.2) is 13.1 Å². The van der Waals surface area contributed by atoms with E-state index in [-0.39, 0.29) is 0 Å². The monoisotopic (exact) mass is 462 g/mol. The molecule has 2 rings (SSSR count). The van der Waals surface area contributed by atoms with Gasteiger partial charge in [0.05, 0.1) is 0 Å². The molecule has 0 aromatic rings. The maximum absolute atomic E-state index is 6.21. The van der Waals surface area contributed by atoms with Crippen molar-refractivity contribution >= 4 is 0 Å². The van der Waals surface area contributed by atoms with E-state index in [9.17, 15) is 0 Å². The highest BCUT2D eigenvalue weighted by Crippen LogP contribution is 2.62. The van der Waals surface area contributed by atoms with Crippen molar-refractivity contribution in [2.75, 3.05) is 13.1 Å². The molecule has 2 aliphatic rings. The van der Waals surface area contributed by atoms with Crippen LogP contribution >= 0.6 is 0 Å². The second-order valence-electron chi connectivity index (χ2n) is 12.5. The summed E-state index contributed by atoms with van der Waals surface area (Å²) in [6, 6.07) is 0. The van der Waals surface area contributed by atoms with E-state index in [2.05, 4.69) is 34.6 Å². The topological polar surface area (TPSA) is 52.0 Å². The molecule has 2 fully saturated rings. The minimum absolute atomic E-state index is 0.552. The fourth-order valence-electron chi connectivity index (χ4n) is 8.65. The summed E-state index contributed by atoms with van der Waals surface area (Å²) in [5.41, 5.74) is 13.5. The molecule has 33 heavy (non-hydrogen) atoms. The van der Waals surface area contributed by atoms with Crippen LogP contribution < -0.4 is 11.5 Å². The average Bonchev–Trinajstić information content (AvgIpc) is 2.86.